The van der Waals surface area contributed by atoms with Crippen molar-refractivity contribution in [2.24, 2.45) is 5.92 Å². The topological polar surface area (TPSA) is 12.0 Å². The van der Waals surface area contributed by atoms with Gasteiger partial charge in [0.2, 0.25) is 0 Å². The number of hydrogen-bond donors (Lipinski definition) is 1. The van der Waals surface area contributed by atoms with Gasteiger partial charge >= 0.3 is 0 Å². The molecule has 1 atom stereocenters. The average molecular weight is 187 g/mol. The Morgan fingerprint density at radius 2 is 1.62 bits per heavy atom. The Labute approximate surface area is 85.3 Å². The molecule has 0 saturated carbocycles. The molecule has 1 heteroatoms. The van der Waals surface area contributed by atoms with Gasteiger partial charge in [-0.15, -0.1) is 0 Å². The maximum absolute atomic E-state index is 3.52. The summed E-state index contributed by atoms with van der Waals surface area (Å²) in [5.41, 5.74) is 0. The van der Waals surface area contributed by atoms with E-state index in [1.165, 1.54) is 19.3 Å². The molecule has 0 amide bonds. The highest BCUT2D eigenvalue weighted by atomic mass is 14.9. The fourth-order valence-corrected chi connectivity index (χ4v) is 1.36. The molecule has 1 unspecified atom stereocenters. The number of rotatable bonds is 6. The quantitative estimate of drug-likeness (QED) is 0.666. The highest BCUT2D eigenvalue weighted by Crippen LogP contribution is 2.09. The van der Waals surface area contributed by atoms with Crippen molar-refractivity contribution >= 4 is 0 Å². The zero-order chi connectivity index (χ0) is 10.7. The zero-order valence-electron chi connectivity index (χ0n) is 10.5. The monoisotopic (exact) mass is 187 g/mol. The summed E-state index contributed by atoms with van der Waals surface area (Å²) in [4.78, 5) is 0. The molecule has 0 aliphatic rings. The number of hydrogen-bond acceptors (Lipinski definition) is 1. The number of unbranched alkanes of at least 4 members (excludes halogenated alkanes) is 1. The second-order valence-electron chi connectivity index (χ2n) is 3.55. The molecule has 0 spiro atoms. The lowest BCUT2D eigenvalue weighted by atomic mass is 9.99. The van der Waals surface area contributed by atoms with Gasteiger partial charge in [-0.1, -0.05) is 54.4 Å². The summed E-state index contributed by atoms with van der Waals surface area (Å²) in [6.45, 7) is 14.1. The van der Waals surface area contributed by atoms with Crippen LogP contribution in [0.3, 0.4) is 0 Å². The first-order valence-electron chi connectivity index (χ1n) is 5.95. The van der Waals surface area contributed by atoms with Crippen LogP contribution in [0.25, 0.3) is 0 Å². The van der Waals surface area contributed by atoms with Crippen LogP contribution in [0.15, 0.2) is 0 Å². The Morgan fingerprint density at radius 3 is 1.92 bits per heavy atom. The van der Waals surface area contributed by atoms with Crippen molar-refractivity contribution in [1.82, 2.24) is 5.32 Å². The van der Waals surface area contributed by atoms with Gasteiger partial charge in [-0.3, -0.25) is 0 Å². The maximum Gasteiger partial charge on any atom is 0.00899 e. The molecule has 0 saturated heterocycles. The lowest BCUT2D eigenvalue weighted by molar-refractivity contribution is 0.375. The van der Waals surface area contributed by atoms with Crippen LogP contribution < -0.4 is 5.32 Å². The Bertz CT molecular complexity index is 79.2. The standard InChI is InChI=1S/C10H23N.C2H6/c1-5-7-8-10(9(3)4)11-6-2;1-2/h9-11H,5-8H2,1-4H3;1-2H3. The van der Waals surface area contributed by atoms with Gasteiger partial charge in [-0.25, -0.2) is 0 Å². The third-order valence-electron chi connectivity index (χ3n) is 2.14. The molecular weight excluding hydrogens is 158 g/mol. The lowest BCUT2D eigenvalue weighted by Crippen LogP contribution is -2.33. The summed E-state index contributed by atoms with van der Waals surface area (Å²) >= 11 is 0. The smallest absolute Gasteiger partial charge is 0.00899 e. The molecule has 0 radical (unpaired) electrons. The summed E-state index contributed by atoms with van der Waals surface area (Å²) in [6, 6.07) is 0.736. The fraction of sp³-hybridized carbons (Fsp3) is 1.00. The first-order chi connectivity index (χ1) is 6.22. The molecule has 0 heterocycles. The summed E-state index contributed by atoms with van der Waals surface area (Å²) in [6.07, 6.45) is 4.01. The molecule has 0 bridgehead atoms. The van der Waals surface area contributed by atoms with Crippen molar-refractivity contribution in [2.75, 3.05) is 6.54 Å². The van der Waals surface area contributed by atoms with Crippen molar-refractivity contribution < 1.29 is 0 Å². The predicted octanol–water partition coefficient (Wildman–Crippen LogP) is 3.84. The van der Waals surface area contributed by atoms with Crippen LogP contribution in [0, 0.1) is 5.92 Å². The zero-order valence-corrected chi connectivity index (χ0v) is 10.5. The van der Waals surface area contributed by atoms with E-state index < -0.39 is 0 Å². The van der Waals surface area contributed by atoms with E-state index in [2.05, 4.69) is 33.0 Å². The van der Waals surface area contributed by atoms with E-state index in [0.717, 1.165) is 18.5 Å². The van der Waals surface area contributed by atoms with Crippen molar-refractivity contribution in [2.45, 2.75) is 66.8 Å². The third kappa shape index (κ3) is 9.88. The first-order valence-corrected chi connectivity index (χ1v) is 5.95. The van der Waals surface area contributed by atoms with Gasteiger partial charge < -0.3 is 5.32 Å². The molecule has 0 aromatic heterocycles. The van der Waals surface area contributed by atoms with Crippen LogP contribution in [0.2, 0.25) is 0 Å². The Morgan fingerprint density at radius 1 is 1.08 bits per heavy atom. The second-order valence-corrected chi connectivity index (χ2v) is 3.55. The minimum atomic E-state index is 0.736. The van der Waals surface area contributed by atoms with E-state index in [4.69, 9.17) is 0 Å². The minimum absolute atomic E-state index is 0.736. The number of nitrogens with one attached hydrogen (secondary N) is 1. The first kappa shape index (κ1) is 15.4. The van der Waals surface area contributed by atoms with E-state index in [1.54, 1.807) is 0 Å². The second kappa shape index (κ2) is 12.0. The van der Waals surface area contributed by atoms with Crippen molar-refractivity contribution in [1.29, 1.82) is 0 Å². The molecule has 0 aromatic carbocycles. The summed E-state index contributed by atoms with van der Waals surface area (Å²) < 4.78 is 0. The van der Waals surface area contributed by atoms with E-state index in [9.17, 15) is 0 Å². The van der Waals surface area contributed by atoms with Gasteiger partial charge in [0.25, 0.3) is 0 Å². The van der Waals surface area contributed by atoms with E-state index >= 15 is 0 Å². The predicted molar refractivity (Wildman–Crippen MR) is 63.2 cm³/mol. The molecule has 1 N–H and O–H groups in total. The van der Waals surface area contributed by atoms with Gasteiger partial charge in [0.15, 0.2) is 0 Å². The van der Waals surface area contributed by atoms with Gasteiger partial charge in [0.05, 0.1) is 0 Å². The Kier molecular flexibility index (Phi) is 14.2. The van der Waals surface area contributed by atoms with E-state index in [0.29, 0.717) is 0 Å². The van der Waals surface area contributed by atoms with Crippen LogP contribution in [0.4, 0.5) is 0 Å². The molecule has 0 aliphatic heterocycles. The molecule has 0 rings (SSSR count). The van der Waals surface area contributed by atoms with E-state index in [1.807, 2.05) is 13.8 Å². The van der Waals surface area contributed by atoms with Gasteiger partial charge in [0.1, 0.15) is 0 Å². The summed E-state index contributed by atoms with van der Waals surface area (Å²) in [5.74, 6) is 0.779. The highest BCUT2D eigenvalue weighted by molar-refractivity contribution is 4.68. The van der Waals surface area contributed by atoms with Crippen LogP contribution >= 0.6 is 0 Å². The van der Waals surface area contributed by atoms with Crippen LogP contribution in [-0.4, -0.2) is 12.6 Å². The van der Waals surface area contributed by atoms with Gasteiger partial charge in [-0.05, 0) is 18.9 Å². The molecule has 1 nitrogen and oxygen atoms in total. The Hall–Kier alpha value is -0.0400. The van der Waals surface area contributed by atoms with Gasteiger partial charge in [-0.2, -0.15) is 0 Å². The lowest BCUT2D eigenvalue weighted by Gasteiger charge is -2.21. The maximum atomic E-state index is 3.52. The average Bonchev–Trinajstić information content (AvgIpc) is 2.15. The normalized spacial score (nSPS) is 12.2. The Balaban J connectivity index is 0. The molecular formula is C12H29N. The minimum Gasteiger partial charge on any atom is -0.314 e. The highest BCUT2D eigenvalue weighted by Gasteiger charge is 2.09. The van der Waals surface area contributed by atoms with Crippen molar-refractivity contribution in [3.63, 3.8) is 0 Å². The molecule has 0 aliphatic carbocycles. The fourth-order valence-electron chi connectivity index (χ4n) is 1.36. The summed E-state index contributed by atoms with van der Waals surface area (Å²) in [5, 5.41) is 3.52. The van der Waals surface area contributed by atoms with E-state index in [-0.39, 0.29) is 0 Å². The van der Waals surface area contributed by atoms with Crippen molar-refractivity contribution in [3.8, 4) is 0 Å². The molecule has 0 aromatic rings. The molecule has 0 fully saturated rings. The van der Waals surface area contributed by atoms with Gasteiger partial charge in [0, 0.05) is 6.04 Å². The SMILES string of the molecule is CC.CCCCC(NCC)C(C)C. The molecule has 82 valence electrons. The van der Waals surface area contributed by atoms with Crippen LogP contribution in [0.5, 0.6) is 0 Å². The third-order valence-corrected chi connectivity index (χ3v) is 2.14. The molecule has 13 heavy (non-hydrogen) atoms. The largest absolute Gasteiger partial charge is 0.314 e. The summed E-state index contributed by atoms with van der Waals surface area (Å²) in [7, 11) is 0. The van der Waals surface area contributed by atoms with Crippen LogP contribution in [0.1, 0.15) is 60.8 Å². The van der Waals surface area contributed by atoms with Crippen molar-refractivity contribution in [3.05, 3.63) is 0 Å². The van der Waals surface area contributed by atoms with Crippen LogP contribution in [-0.2, 0) is 0 Å².